The van der Waals surface area contributed by atoms with Gasteiger partial charge in [0.25, 0.3) is 17.7 Å². The van der Waals surface area contributed by atoms with Crippen molar-refractivity contribution >= 4 is 52.1 Å². The molecule has 2 N–H and O–H groups in total. The van der Waals surface area contributed by atoms with Gasteiger partial charge in [-0.2, -0.15) is 0 Å². The van der Waals surface area contributed by atoms with Gasteiger partial charge < -0.3 is 0 Å². The minimum Gasteiger partial charge on any atom is -0.283 e. The number of thioether (sulfide) groups is 1. The van der Waals surface area contributed by atoms with E-state index in [2.05, 4.69) is 15.8 Å². The molecule has 1 aliphatic heterocycles. The number of pyridine rings is 1. The minimum absolute atomic E-state index is 0.284. The topological polar surface area (TPSA) is 91.4 Å². The van der Waals surface area contributed by atoms with Crippen molar-refractivity contribution in [2.24, 2.45) is 0 Å². The lowest BCUT2D eigenvalue weighted by atomic mass is 10.2. The number of thiocarbonyl (C=S) groups is 1. The fraction of sp³-hybridized carbons (Fsp3) is 0.0556. The third-order valence-corrected chi connectivity index (χ3v) is 4.91. The highest BCUT2D eigenvalue weighted by Crippen LogP contribution is 2.32. The molecule has 3 rings (SSSR count). The summed E-state index contributed by atoms with van der Waals surface area (Å²) in [5.41, 5.74) is 5.77. The zero-order valence-corrected chi connectivity index (χ0v) is 15.5. The lowest BCUT2D eigenvalue weighted by molar-refractivity contribution is -0.129. The Kier molecular flexibility index (Phi) is 5.94. The number of hydrogen-bond donors (Lipinski definition) is 2. The molecule has 2 heterocycles. The van der Waals surface area contributed by atoms with Crippen LogP contribution in [-0.2, 0) is 9.59 Å². The standard InChI is InChI=1S/C18H14N4O3S2/c23-15(20-21-16(24)13-6-8-19-9-7-13)11-22-17(25)14(27-18(22)26)10-12-4-2-1-3-5-12/h1-10H,11H2,(H,20,23)(H,21,24)/b14-10-. The minimum atomic E-state index is -0.560. The maximum Gasteiger partial charge on any atom is 0.269 e. The van der Waals surface area contributed by atoms with Gasteiger partial charge in [0.15, 0.2) is 0 Å². The second-order valence-electron chi connectivity index (χ2n) is 5.42. The first-order chi connectivity index (χ1) is 13.0. The predicted octanol–water partition coefficient (Wildman–Crippen LogP) is 1.74. The Morgan fingerprint density at radius 3 is 2.52 bits per heavy atom. The Morgan fingerprint density at radius 1 is 1.11 bits per heavy atom. The number of rotatable bonds is 4. The van der Waals surface area contributed by atoms with E-state index < -0.39 is 11.8 Å². The maximum atomic E-state index is 12.5. The molecule has 2 aromatic rings. The summed E-state index contributed by atoms with van der Waals surface area (Å²) in [4.78, 5) is 41.9. The van der Waals surface area contributed by atoms with E-state index in [-0.39, 0.29) is 16.8 Å². The zero-order valence-electron chi connectivity index (χ0n) is 13.9. The van der Waals surface area contributed by atoms with Gasteiger partial charge in [-0.1, -0.05) is 54.3 Å². The molecule has 1 aromatic heterocycles. The molecule has 1 fully saturated rings. The maximum absolute atomic E-state index is 12.5. The summed E-state index contributed by atoms with van der Waals surface area (Å²) in [5, 5.41) is 0. The van der Waals surface area contributed by atoms with E-state index >= 15 is 0 Å². The van der Waals surface area contributed by atoms with Crippen molar-refractivity contribution in [1.29, 1.82) is 0 Å². The number of nitrogens with one attached hydrogen (secondary N) is 2. The number of aromatic nitrogens is 1. The number of benzene rings is 1. The van der Waals surface area contributed by atoms with Gasteiger partial charge in [-0.3, -0.25) is 35.1 Å². The van der Waals surface area contributed by atoms with Crippen LogP contribution in [-0.4, -0.2) is 38.5 Å². The van der Waals surface area contributed by atoms with E-state index in [1.807, 2.05) is 30.3 Å². The average Bonchev–Trinajstić information content (AvgIpc) is 2.95. The van der Waals surface area contributed by atoms with Crippen LogP contribution in [0.4, 0.5) is 0 Å². The summed E-state index contributed by atoms with van der Waals surface area (Å²) in [6, 6.07) is 12.4. The average molecular weight is 398 g/mol. The summed E-state index contributed by atoms with van der Waals surface area (Å²) >= 11 is 6.33. The molecule has 0 saturated carbocycles. The van der Waals surface area contributed by atoms with Crippen LogP contribution in [0, 0.1) is 0 Å². The van der Waals surface area contributed by atoms with Crippen molar-refractivity contribution < 1.29 is 14.4 Å². The predicted molar refractivity (Wildman–Crippen MR) is 106 cm³/mol. The van der Waals surface area contributed by atoms with Gasteiger partial charge in [0.2, 0.25) is 0 Å². The van der Waals surface area contributed by atoms with Crippen LogP contribution in [0.2, 0.25) is 0 Å². The van der Waals surface area contributed by atoms with Crippen molar-refractivity contribution in [3.8, 4) is 0 Å². The lowest BCUT2D eigenvalue weighted by Gasteiger charge is -2.14. The molecule has 0 aliphatic carbocycles. The Hall–Kier alpha value is -3.04. The van der Waals surface area contributed by atoms with Crippen molar-refractivity contribution in [2.45, 2.75) is 0 Å². The van der Waals surface area contributed by atoms with E-state index in [4.69, 9.17) is 12.2 Å². The van der Waals surface area contributed by atoms with Crippen LogP contribution in [0.5, 0.6) is 0 Å². The monoisotopic (exact) mass is 398 g/mol. The van der Waals surface area contributed by atoms with Crippen LogP contribution < -0.4 is 10.9 Å². The molecule has 27 heavy (non-hydrogen) atoms. The Labute approximate surface area is 164 Å². The van der Waals surface area contributed by atoms with Gasteiger partial charge in [0.05, 0.1) is 4.91 Å². The van der Waals surface area contributed by atoms with Crippen LogP contribution in [0.3, 0.4) is 0 Å². The van der Waals surface area contributed by atoms with Crippen LogP contribution >= 0.6 is 24.0 Å². The number of amides is 3. The summed E-state index contributed by atoms with van der Waals surface area (Å²) in [7, 11) is 0. The molecular formula is C18H14N4O3S2. The number of nitrogens with zero attached hydrogens (tertiary/aromatic N) is 2. The van der Waals surface area contributed by atoms with Crippen molar-refractivity contribution in [1.82, 2.24) is 20.7 Å². The first-order valence-corrected chi connectivity index (χ1v) is 9.06. The second kappa shape index (κ2) is 8.56. The summed E-state index contributed by atoms with van der Waals surface area (Å²) in [6.45, 7) is -0.284. The number of carbonyl (C=O) groups excluding carboxylic acids is 3. The summed E-state index contributed by atoms with van der Waals surface area (Å²) in [5.74, 6) is -1.39. The smallest absolute Gasteiger partial charge is 0.269 e. The molecule has 7 nitrogen and oxygen atoms in total. The summed E-state index contributed by atoms with van der Waals surface area (Å²) in [6.07, 6.45) is 4.66. The third kappa shape index (κ3) is 4.78. The van der Waals surface area contributed by atoms with E-state index in [0.29, 0.717) is 10.5 Å². The van der Waals surface area contributed by atoms with Gasteiger partial charge in [-0.15, -0.1) is 0 Å². The fourth-order valence-corrected chi connectivity index (χ4v) is 3.48. The quantitative estimate of drug-likeness (QED) is 0.463. The van der Waals surface area contributed by atoms with Crippen LogP contribution in [0.1, 0.15) is 15.9 Å². The number of carbonyl (C=O) groups is 3. The molecule has 0 radical (unpaired) electrons. The Bertz CT molecular complexity index is 917. The van der Waals surface area contributed by atoms with Crippen LogP contribution in [0.25, 0.3) is 6.08 Å². The van der Waals surface area contributed by atoms with E-state index in [1.54, 1.807) is 6.08 Å². The van der Waals surface area contributed by atoms with E-state index in [1.165, 1.54) is 29.4 Å². The molecule has 1 saturated heterocycles. The molecule has 0 spiro atoms. The SMILES string of the molecule is O=C(CN1C(=O)/C(=C/c2ccccc2)SC1=S)NNC(=O)c1ccncc1. The highest BCUT2D eigenvalue weighted by Gasteiger charge is 2.33. The molecule has 136 valence electrons. The summed E-state index contributed by atoms with van der Waals surface area (Å²) < 4.78 is 0.290. The molecular weight excluding hydrogens is 384 g/mol. The second-order valence-corrected chi connectivity index (χ2v) is 7.09. The third-order valence-electron chi connectivity index (χ3n) is 3.53. The Balaban J connectivity index is 1.58. The first-order valence-electron chi connectivity index (χ1n) is 7.84. The molecule has 0 unspecified atom stereocenters. The van der Waals surface area contributed by atoms with Crippen molar-refractivity contribution in [3.05, 3.63) is 70.9 Å². The van der Waals surface area contributed by atoms with Gasteiger partial charge in [-0.05, 0) is 23.8 Å². The normalized spacial score (nSPS) is 15.1. The Morgan fingerprint density at radius 2 is 1.81 bits per heavy atom. The van der Waals surface area contributed by atoms with Crippen LogP contribution in [0.15, 0.2) is 59.8 Å². The largest absolute Gasteiger partial charge is 0.283 e. The van der Waals surface area contributed by atoms with Crippen molar-refractivity contribution in [2.75, 3.05) is 6.54 Å². The number of hydrogen-bond acceptors (Lipinski definition) is 6. The van der Waals surface area contributed by atoms with Gasteiger partial charge in [0.1, 0.15) is 10.9 Å². The molecule has 1 aliphatic rings. The molecule has 3 amide bonds. The fourth-order valence-electron chi connectivity index (χ4n) is 2.22. The van der Waals surface area contributed by atoms with Gasteiger partial charge in [-0.25, -0.2) is 0 Å². The lowest BCUT2D eigenvalue weighted by Crippen LogP contribution is -2.47. The first kappa shape index (κ1) is 18.7. The number of hydrazine groups is 1. The molecule has 9 heteroatoms. The van der Waals surface area contributed by atoms with E-state index in [0.717, 1.165) is 17.3 Å². The van der Waals surface area contributed by atoms with Crippen molar-refractivity contribution in [3.63, 3.8) is 0 Å². The molecule has 0 atom stereocenters. The van der Waals surface area contributed by atoms with Gasteiger partial charge >= 0.3 is 0 Å². The van der Waals surface area contributed by atoms with Gasteiger partial charge in [0, 0.05) is 18.0 Å². The molecule has 1 aromatic carbocycles. The zero-order chi connectivity index (χ0) is 19.2. The highest BCUT2D eigenvalue weighted by molar-refractivity contribution is 8.26. The highest BCUT2D eigenvalue weighted by atomic mass is 32.2. The van der Waals surface area contributed by atoms with E-state index in [9.17, 15) is 14.4 Å². The molecule has 0 bridgehead atoms.